The molecule has 2 N–H and O–H groups in total. The van der Waals surface area contributed by atoms with Gasteiger partial charge in [-0.1, -0.05) is 18.2 Å². The Bertz CT molecular complexity index is 698. The van der Waals surface area contributed by atoms with E-state index in [1.807, 2.05) is 44.2 Å². The van der Waals surface area contributed by atoms with Crippen molar-refractivity contribution in [2.24, 2.45) is 5.92 Å². The van der Waals surface area contributed by atoms with Gasteiger partial charge in [-0.15, -0.1) is 0 Å². The molecule has 0 atom stereocenters. The zero-order valence-electron chi connectivity index (χ0n) is 14.7. The average molecular weight is 343 g/mol. The second kappa shape index (κ2) is 7.27. The Morgan fingerprint density at radius 3 is 2.64 bits per heavy atom. The number of piperidine rings is 1. The van der Waals surface area contributed by atoms with E-state index in [1.165, 1.54) is 0 Å². The molecule has 0 saturated carbocycles. The molecule has 0 spiro atoms. The van der Waals surface area contributed by atoms with E-state index in [2.05, 4.69) is 10.2 Å². The number of nitrogens with zero attached hydrogens (tertiary/aromatic N) is 2. The van der Waals surface area contributed by atoms with Gasteiger partial charge in [-0.25, -0.2) is 0 Å². The first-order valence-corrected chi connectivity index (χ1v) is 8.67. The van der Waals surface area contributed by atoms with Crippen LogP contribution in [0.25, 0.3) is 0 Å². The van der Waals surface area contributed by atoms with Crippen molar-refractivity contribution in [2.75, 3.05) is 13.1 Å². The largest absolute Gasteiger partial charge is 0.487 e. The number of aromatic amines is 1. The molecule has 0 aliphatic carbocycles. The quantitative estimate of drug-likeness (QED) is 0.875. The van der Waals surface area contributed by atoms with Crippen LogP contribution in [0.1, 0.15) is 42.9 Å². The molecule has 1 saturated heterocycles. The van der Waals surface area contributed by atoms with Crippen molar-refractivity contribution in [1.29, 1.82) is 0 Å². The van der Waals surface area contributed by atoms with Crippen molar-refractivity contribution in [3.63, 3.8) is 0 Å². The summed E-state index contributed by atoms with van der Waals surface area (Å²) in [5.74, 6) is 0.931. The third-order valence-corrected chi connectivity index (χ3v) is 4.77. The molecule has 0 radical (unpaired) electrons. The highest BCUT2D eigenvalue weighted by atomic mass is 16.5. The Hall–Kier alpha value is -2.34. The lowest BCUT2D eigenvalue weighted by Gasteiger charge is -2.37. The van der Waals surface area contributed by atoms with Crippen molar-refractivity contribution in [3.8, 4) is 5.75 Å². The first-order chi connectivity index (χ1) is 11.9. The minimum Gasteiger partial charge on any atom is -0.487 e. The van der Waals surface area contributed by atoms with E-state index in [1.54, 1.807) is 11.0 Å². The van der Waals surface area contributed by atoms with Crippen LogP contribution in [0.15, 0.2) is 36.4 Å². The Morgan fingerprint density at radius 2 is 2.00 bits per heavy atom. The molecule has 134 valence electrons. The van der Waals surface area contributed by atoms with Crippen LogP contribution in [0.4, 0.5) is 0 Å². The number of carbonyl (C=O) groups excluding carboxylic acids is 1. The van der Waals surface area contributed by atoms with Crippen LogP contribution >= 0.6 is 0 Å². The number of likely N-dealkylation sites (tertiary alicyclic amines) is 1. The predicted octanol–water partition coefficient (Wildman–Crippen LogP) is 2.61. The molecule has 1 amide bonds. The molecule has 25 heavy (non-hydrogen) atoms. The molecule has 2 aromatic rings. The van der Waals surface area contributed by atoms with E-state index in [-0.39, 0.29) is 11.8 Å². The first kappa shape index (κ1) is 17.5. The summed E-state index contributed by atoms with van der Waals surface area (Å²) in [5, 5.41) is 17.1. The Kier molecular flexibility index (Phi) is 5.08. The van der Waals surface area contributed by atoms with Crippen LogP contribution in [0.2, 0.25) is 0 Å². The fourth-order valence-corrected chi connectivity index (χ4v) is 3.17. The van der Waals surface area contributed by atoms with Crippen LogP contribution in [0, 0.1) is 5.92 Å². The number of rotatable bonds is 5. The summed E-state index contributed by atoms with van der Waals surface area (Å²) in [6.45, 7) is 5.31. The highest BCUT2D eigenvalue weighted by Gasteiger charge is 2.32. The summed E-state index contributed by atoms with van der Waals surface area (Å²) >= 11 is 0. The minimum absolute atomic E-state index is 0.0728. The molecule has 1 aliphatic heterocycles. The lowest BCUT2D eigenvalue weighted by Crippen LogP contribution is -2.44. The maximum absolute atomic E-state index is 12.6. The maximum atomic E-state index is 12.6. The second-order valence-corrected chi connectivity index (χ2v) is 7.10. The van der Waals surface area contributed by atoms with Crippen molar-refractivity contribution >= 4 is 5.91 Å². The number of hydrogen-bond acceptors (Lipinski definition) is 4. The van der Waals surface area contributed by atoms with Gasteiger partial charge in [-0.05, 0) is 50.8 Å². The van der Waals surface area contributed by atoms with Crippen molar-refractivity contribution in [3.05, 3.63) is 47.8 Å². The molecule has 1 aromatic heterocycles. The summed E-state index contributed by atoms with van der Waals surface area (Å²) in [7, 11) is 0. The van der Waals surface area contributed by atoms with Crippen LogP contribution in [0.5, 0.6) is 5.75 Å². The SMILES string of the molecule is CC(C)(O)C1CCN(C(=O)c2cc(COc3ccccc3)[nH]n2)CC1. The zero-order valence-corrected chi connectivity index (χ0v) is 14.7. The fourth-order valence-electron chi connectivity index (χ4n) is 3.17. The van der Waals surface area contributed by atoms with Gasteiger partial charge in [0.1, 0.15) is 12.4 Å². The summed E-state index contributed by atoms with van der Waals surface area (Å²) in [6, 6.07) is 11.3. The standard InChI is InChI=1S/C19H25N3O3/c1-19(2,24)14-8-10-22(11-9-14)18(23)17-12-15(20-21-17)13-25-16-6-4-3-5-7-16/h3-7,12,14,24H,8-11,13H2,1-2H3,(H,20,21). The molecular weight excluding hydrogens is 318 g/mol. The number of aromatic nitrogens is 2. The fraction of sp³-hybridized carbons (Fsp3) is 0.474. The number of aliphatic hydroxyl groups is 1. The van der Waals surface area contributed by atoms with Gasteiger partial charge in [-0.2, -0.15) is 5.10 Å². The second-order valence-electron chi connectivity index (χ2n) is 7.10. The Labute approximate surface area is 147 Å². The third-order valence-electron chi connectivity index (χ3n) is 4.77. The molecule has 1 aromatic carbocycles. The zero-order chi connectivity index (χ0) is 17.9. The number of H-pyrrole nitrogens is 1. The van der Waals surface area contributed by atoms with Gasteiger partial charge in [0.05, 0.1) is 11.3 Å². The molecular formula is C19H25N3O3. The number of hydrogen-bond donors (Lipinski definition) is 2. The first-order valence-electron chi connectivity index (χ1n) is 8.67. The monoisotopic (exact) mass is 343 g/mol. The summed E-state index contributed by atoms with van der Waals surface area (Å²) in [4.78, 5) is 14.4. The molecule has 2 heterocycles. The smallest absolute Gasteiger partial charge is 0.274 e. The van der Waals surface area contributed by atoms with Crippen LogP contribution in [0.3, 0.4) is 0 Å². The van der Waals surface area contributed by atoms with Gasteiger partial charge in [0.15, 0.2) is 5.69 Å². The van der Waals surface area contributed by atoms with Crippen LogP contribution < -0.4 is 4.74 Å². The molecule has 3 rings (SSSR count). The number of nitrogens with one attached hydrogen (secondary N) is 1. The Morgan fingerprint density at radius 1 is 1.32 bits per heavy atom. The number of para-hydroxylation sites is 1. The summed E-state index contributed by atoms with van der Waals surface area (Å²) < 4.78 is 5.66. The molecule has 0 unspecified atom stereocenters. The van der Waals surface area contributed by atoms with Gasteiger partial charge >= 0.3 is 0 Å². The van der Waals surface area contributed by atoms with E-state index in [9.17, 15) is 9.90 Å². The maximum Gasteiger partial charge on any atom is 0.274 e. The average Bonchev–Trinajstić information content (AvgIpc) is 3.08. The highest BCUT2D eigenvalue weighted by molar-refractivity contribution is 5.92. The Balaban J connectivity index is 1.54. The van der Waals surface area contributed by atoms with E-state index in [4.69, 9.17) is 4.74 Å². The number of ether oxygens (including phenoxy) is 1. The molecule has 1 fully saturated rings. The van der Waals surface area contributed by atoms with Crippen molar-refractivity contribution in [1.82, 2.24) is 15.1 Å². The summed E-state index contributed by atoms with van der Waals surface area (Å²) in [6.07, 6.45) is 1.62. The number of amides is 1. The number of carbonyl (C=O) groups is 1. The van der Waals surface area contributed by atoms with Crippen molar-refractivity contribution in [2.45, 2.75) is 38.9 Å². The molecule has 1 aliphatic rings. The highest BCUT2D eigenvalue weighted by Crippen LogP contribution is 2.28. The van der Waals surface area contributed by atoms with E-state index >= 15 is 0 Å². The minimum atomic E-state index is -0.691. The molecule has 6 heteroatoms. The van der Waals surface area contributed by atoms with Gasteiger partial charge in [0.2, 0.25) is 0 Å². The molecule has 6 nitrogen and oxygen atoms in total. The lowest BCUT2D eigenvalue weighted by atomic mass is 9.83. The number of benzene rings is 1. The summed E-state index contributed by atoms with van der Waals surface area (Å²) in [5.41, 5.74) is 0.482. The van der Waals surface area contributed by atoms with Crippen molar-refractivity contribution < 1.29 is 14.6 Å². The van der Waals surface area contributed by atoms with Gasteiger partial charge < -0.3 is 14.7 Å². The van der Waals surface area contributed by atoms with Gasteiger partial charge in [0, 0.05) is 13.1 Å². The van der Waals surface area contributed by atoms with Gasteiger partial charge in [-0.3, -0.25) is 9.89 Å². The van der Waals surface area contributed by atoms with Gasteiger partial charge in [0.25, 0.3) is 5.91 Å². The van der Waals surface area contributed by atoms with Crippen LogP contribution in [-0.4, -0.2) is 44.8 Å². The normalized spacial score (nSPS) is 16.0. The van der Waals surface area contributed by atoms with Crippen LogP contribution in [-0.2, 0) is 6.61 Å². The van der Waals surface area contributed by atoms with E-state index < -0.39 is 5.60 Å². The van der Waals surface area contributed by atoms with E-state index in [0.29, 0.717) is 25.4 Å². The molecule has 0 bridgehead atoms. The predicted molar refractivity (Wildman–Crippen MR) is 94.3 cm³/mol. The third kappa shape index (κ3) is 4.39. The lowest BCUT2D eigenvalue weighted by molar-refractivity contribution is -0.0109. The topological polar surface area (TPSA) is 78.5 Å². The van der Waals surface area contributed by atoms with E-state index in [0.717, 1.165) is 24.3 Å².